The highest BCUT2D eigenvalue weighted by atomic mass is 35.5. The molecular formula is C21H25ClN4O3. The van der Waals surface area contributed by atoms with Crippen molar-refractivity contribution in [3.63, 3.8) is 0 Å². The summed E-state index contributed by atoms with van der Waals surface area (Å²) in [5.41, 5.74) is 2.38. The number of hydrogen-bond acceptors (Lipinski definition) is 5. The largest absolute Gasteiger partial charge is 0.507 e. The second kappa shape index (κ2) is 8.39. The van der Waals surface area contributed by atoms with Gasteiger partial charge in [0.05, 0.1) is 22.9 Å². The minimum atomic E-state index is -0.704. The summed E-state index contributed by atoms with van der Waals surface area (Å²) >= 11 is 6.18. The lowest BCUT2D eigenvalue weighted by molar-refractivity contribution is -0.139. The van der Waals surface area contributed by atoms with Crippen molar-refractivity contribution >= 4 is 29.1 Å². The molecule has 2 heterocycles. The molecule has 1 atom stereocenters. The third-order valence-electron chi connectivity index (χ3n) is 5.07. The van der Waals surface area contributed by atoms with Crippen LogP contribution in [0.15, 0.2) is 29.8 Å². The van der Waals surface area contributed by atoms with Crippen molar-refractivity contribution in [2.24, 2.45) is 0 Å². The summed E-state index contributed by atoms with van der Waals surface area (Å²) in [6, 6.07) is 6.33. The minimum Gasteiger partial charge on any atom is -0.507 e. The van der Waals surface area contributed by atoms with Crippen molar-refractivity contribution in [3.8, 4) is 0 Å². The quantitative estimate of drug-likeness (QED) is 0.429. The average molecular weight is 417 g/mol. The van der Waals surface area contributed by atoms with E-state index in [0.717, 1.165) is 6.54 Å². The van der Waals surface area contributed by atoms with Gasteiger partial charge in [-0.3, -0.25) is 14.7 Å². The molecule has 1 aromatic heterocycles. The van der Waals surface area contributed by atoms with E-state index >= 15 is 0 Å². The van der Waals surface area contributed by atoms with Gasteiger partial charge in [-0.25, -0.2) is 0 Å². The van der Waals surface area contributed by atoms with Gasteiger partial charge in [-0.15, -0.1) is 0 Å². The van der Waals surface area contributed by atoms with E-state index in [-0.39, 0.29) is 11.3 Å². The van der Waals surface area contributed by atoms with E-state index in [9.17, 15) is 14.7 Å². The lowest BCUT2D eigenvalue weighted by Gasteiger charge is -2.26. The van der Waals surface area contributed by atoms with Crippen LogP contribution in [0.4, 0.5) is 0 Å². The average Bonchev–Trinajstić information content (AvgIpc) is 3.12. The van der Waals surface area contributed by atoms with E-state index in [1.165, 1.54) is 4.90 Å². The van der Waals surface area contributed by atoms with Gasteiger partial charge >= 0.3 is 0 Å². The highest BCUT2D eigenvalue weighted by Crippen LogP contribution is 2.40. The first-order valence-electron chi connectivity index (χ1n) is 9.43. The maximum absolute atomic E-state index is 13.0. The fourth-order valence-corrected chi connectivity index (χ4v) is 3.92. The normalized spacial score (nSPS) is 18.8. The molecule has 0 radical (unpaired) electrons. The number of H-pyrrole nitrogens is 1. The van der Waals surface area contributed by atoms with Gasteiger partial charge in [0, 0.05) is 17.3 Å². The van der Waals surface area contributed by atoms with Crippen LogP contribution in [0, 0.1) is 13.8 Å². The van der Waals surface area contributed by atoms with E-state index in [2.05, 4.69) is 10.2 Å². The summed E-state index contributed by atoms with van der Waals surface area (Å²) in [6.45, 7) is 4.65. The van der Waals surface area contributed by atoms with Crippen LogP contribution in [0.3, 0.4) is 0 Å². The number of aliphatic hydroxyl groups excluding tert-OH is 1. The standard InChI is InChI=1S/C21H25ClN4O3/c1-12-16(13(2)24-23-12)19(27)17-18(14-7-5-8-15(22)11-14)26(21(29)20(17)28)10-6-9-25(3)4/h5,7-8,11,18,27H,6,9-10H2,1-4H3,(H,23,24)/b19-17+/t18-/m0/s1. The van der Waals surface area contributed by atoms with Gasteiger partial charge in [0.1, 0.15) is 5.76 Å². The number of rotatable bonds is 6. The summed E-state index contributed by atoms with van der Waals surface area (Å²) < 4.78 is 0. The maximum Gasteiger partial charge on any atom is 0.295 e. The number of hydrogen-bond donors (Lipinski definition) is 2. The number of Topliss-reactive ketones (excluding diaryl/α,β-unsaturated/α-hetero) is 1. The highest BCUT2D eigenvalue weighted by Gasteiger charge is 2.46. The zero-order valence-corrected chi connectivity index (χ0v) is 17.7. The number of amides is 1. The van der Waals surface area contributed by atoms with E-state index < -0.39 is 17.7 Å². The van der Waals surface area contributed by atoms with Crippen LogP contribution in [0.25, 0.3) is 5.76 Å². The monoisotopic (exact) mass is 416 g/mol. The van der Waals surface area contributed by atoms with Crippen LogP contribution in [-0.4, -0.2) is 64.0 Å². The van der Waals surface area contributed by atoms with Crippen LogP contribution in [0.5, 0.6) is 0 Å². The van der Waals surface area contributed by atoms with Crippen LogP contribution in [-0.2, 0) is 9.59 Å². The van der Waals surface area contributed by atoms with E-state index in [0.29, 0.717) is 40.5 Å². The van der Waals surface area contributed by atoms with Gasteiger partial charge in [0.2, 0.25) is 0 Å². The number of aliphatic hydroxyl groups is 1. The van der Waals surface area contributed by atoms with Crippen LogP contribution in [0.1, 0.15) is 35.0 Å². The number of nitrogens with zero attached hydrogens (tertiary/aromatic N) is 3. The Morgan fingerprint density at radius 1 is 1.31 bits per heavy atom. The zero-order valence-electron chi connectivity index (χ0n) is 17.0. The first-order valence-corrected chi connectivity index (χ1v) is 9.80. The maximum atomic E-state index is 13.0. The van der Waals surface area contributed by atoms with Crippen LogP contribution < -0.4 is 0 Å². The van der Waals surface area contributed by atoms with Gasteiger partial charge in [0.15, 0.2) is 0 Å². The van der Waals surface area contributed by atoms with Gasteiger partial charge in [-0.05, 0) is 58.6 Å². The van der Waals surface area contributed by atoms with Crippen LogP contribution >= 0.6 is 11.6 Å². The van der Waals surface area contributed by atoms with Crippen molar-refractivity contribution in [2.75, 3.05) is 27.2 Å². The molecule has 1 amide bonds. The molecular weight excluding hydrogens is 392 g/mol. The Balaban J connectivity index is 2.13. The van der Waals surface area contributed by atoms with E-state index in [4.69, 9.17) is 11.6 Å². The molecule has 1 fully saturated rings. The number of nitrogens with one attached hydrogen (secondary N) is 1. The Kier molecular flexibility index (Phi) is 6.10. The van der Waals surface area contributed by atoms with Crippen molar-refractivity contribution in [1.82, 2.24) is 20.0 Å². The fraction of sp³-hybridized carbons (Fsp3) is 0.381. The SMILES string of the molecule is Cc1n[nH]c(C)c1/C(O)=C1\C(=O)C(=O)N(CCCN(C)C)[C@H]1c1cccc(Cl)c1. The molecule has 1 aliphatic rings. The molecule has 1 aromatic carbocycles. The third-order valence-corrected chi connectivity index (χ3v) is 5.31. The van der Waals surface area contributed by atoms with Crippen molar-refractivity contribution in [2.45, 2.75) is 26.3 Å². The molecule has 3 rings (SSSR count). The Morgan fingerprint density at radius 3 is 2.62 bits per heavy atom. The van der Waals surface area contributed by atoms with Crippen molar-refractivity contribution < 1.29 is 14.7 Å². The molecule has 1 saturated heterocycles. The van der Waals surface area contributed by atoms with Gasteiger partial charge in [-0.1, -0.05) is 23.7 Å². The summed E-state index contributed by atoms with van der Waals surface area (Å²) in [4.78, 5) is 29.4. The minimum absolute atomic E-state index is 0.0646. The first-order chi connectivity index (χ1) is 13.7. The number of carbonyl (C=O) groups is 2. The second-order valence-corrected chi connectivity index (χ2v) is 7.95. The highest BCUT2D eigenvalue weighted by molar-refractivity contribution is 6.46. The molecule has 2 N–H and O–H groups in total. The van der Waals surface area contributed by atoms with E-state index in [1.54, 1.807) is 32.0 Å². The summed E-state index contributed by atoms with van der Waals surface area (Å²) in [7, 11) is 3.90. The van der Waals surface area contributed by atoms with Crippen molar-refractivity contribution in [3.05, 3.63) is 57.4 Å². The number of carbonyl (C=O) groups excluding carboxylic acids is 2. The fourth-order valence-electron chi connectivity index (χ4n) is 3.73. The molecule has 29 heavy (non-hydrogen) atoms. The molecule has 8 heteroatoms. The van der Waals surface area contributed by atoms with Crippen LogP contribution in [0.2, 0.25) is 5.02 Å². The third kappa shape index (κ3) is 4.06. The predicted molar refractivity (Wildman–Crippen MR) is 112 cm³/mol. The van der Waals surface area contributed by atoms with Crippen molar-refractivity contribution in [1.29, 1.82) is 0 Å². The first kappa shape index (κ1) is 21.1. The number of aryl methyl sites for hydroxylation is 2. The topological polar surface area (TPSA) is 89.5 Å². The summed E-state index contributed by atoms with van der Waals surface area (Å²) in [5.74, 6) is -1.53. The molecule has 0 unspecified atom stereocenters. The number of aromatic nitrogens is 2. The smallest absolute Gasteiger partial charge is 0.295 e. The summed E-state index contributed by atoms with van der Waals surface area (Å²) in [5, 5.41) is 18.5. The summed E-state index contributed by atoms with van der Waals surface area (Å²) in [6.07, 6.45) is 0.695. The molecule has 1 aliphatic heterocycles. The molecule has 0 aliphatic carbocycles. The van der Waals surface area contributed by atoms with Gasteiger partial charge in [-0.2, -0.15) is 5.10 Å². The second-order valence-electron chi connectivity index (χ2n) is 7.51. The zero-order chi connectivity index (χ0) is 21.3. The molecule has 0 bridgehead atoms. The Morgan fingerprint density at radius 2 is 2.03 bits per heavy atom. The molecule has 0 spiro atoms. The number of benzene rings is 1. The van der Waals surface area contributed by atoms with Gasteiger partial charge < -0.3 is 14.9 Å². The number of aromatic amines is 1. The Labute approximate surface area is 175 Å². The Hall–Kier alpha value is -2.64. The number of ketones is 1. The Bertz CT molecular complexity index is 961. The molecule has 7 nitrogen and oxygen atoms in total. The van der Waals surface area contributed by atoms with E-state index in [1.807, 2.05) is 25.1 Å². The molecule has 2 aromatic rings. The lowest BCUT2D eigenvalue weighted by atomic mass is 9.94. The molecule has 0 saturated carbocycles. The lowest BCUT2D eigenvalue weighted by Crippen LogP contribution is -2.32. The van der Waals surface area contributed by atoms with Gasteiger partial charge in [0.25, 0.3) is 11.7 Å². The number of halogens is 1. The predicted octanol–water partition coefficient (Wildman–Crippen LogP) is 3.05. The molecule has 154 valence electrons. The number of likely N-dealkylation sites (tertiary alicyclic amines) is 1.